The molecule has 0 heterocycles. The minimum atomic E-state index is -0.447. The molecule has 0 aliphatic rings. The van der Waals surface area contributed by atoms with E-state index < -0.39 is 5.82 Å². The number of aliphatic hydroxyl groups is 1. The van der Waals surface area contributed by atoms with Gasteiger partial charge in [-0.15, -0.1) is 0 Å². The zero-order valence-electron chi connectivity index (χ0n) is 10.4. The monoisotopic (exact) mass is 257 g/mol. The maximum absolute atomic E-state index is 13.8. The number of ether oxygens (including phenoxy) is 1. The SMILES string of the molecule is Cc1cccc(Oc2ccc(CO)cc2C#N)c1F. The van der Waals surface area contributed by atoms with Crippen LogP contribution in [0.15, 0.2) is 36.4 Å². The minimum Gasteiger partial charge on any atom is -0.453 e. The van der Waals surface area contributed by atoms with Crippen LogP contribution < -0.4 is 4.74 Å². The predicted octanol–water partition coefficient (Wildman–Crippen LogP) is 3.29. The maximum Gasteiger partial charge on any atom is 0.168 e. The van der Waals surface area contributed by atoms with Gasteiger partial charge in [0.2, 0.25) is 0 Å². The van der Waals surface area contributed by atoms with Gasteiger partial charge in [-0.05, 0) is 36.2 Å². The first kappa shape index (κ1) is 13.1. The summed E-state index contributed by atoms with van der Waals surface area (Å²) in [4.78, 5) is 0. The lowest BCUT2D eigenvalue weighted by Gasteiger charge is -2.10. The average molecular weight is 257 g/mol. The highest BCUT2D eigenvalue weighted by molar-refractivity contribution is 5.47. The highest BCUT2D eigenvalue weighted by atomic mass is 19.1. The van der Waals surface area contributed by atoms with E-state index in [1.165, 1.54) is 12.1 Å². The molecule has 2 aromatic carbocycles. The highest BCUT2D eigenvalue weighted by Gasteiger charge is 2.10. The molecule has 3 nitrogen and oxygen atoms in total. The number of halogens is 1. The van der Waals surface area contributed by atoms with E-state index in [1.807, 2.05) is 6.07 Å². The van der Waals surface area contributed by atoms with Crippen molar-refractivity contribution in [1.82, 2.24) is 0 Å². The van der Waals surface area contributed by atoms with Gasteiger partial charge in [0, 0.05) is 0 Å². The Hall–Kier alpha value is -2.38. The first-order chi connectivity index (χ1) is 9.15. The van der Waals surface area contributed by atoms with E-state index >= 15 is 0 Å². The Labute approximate surface area is 110 Å². The van der Waals surface area contributed by atoms with Crippen molar-refractivity contribution in [2.24, 2.45) is 0 Å². The van der Waals surface area contributed by atoms with E-state index in [0.29, 0.717) is 11.1 Å². The van der Waals surface area contributed by atoms with Gasteiger partial charge in [0.25, 0.3) is 0 Å². The molecule has 0 fully saturated rings. The lowest BCUT2D eigenvalue weighted by molar-refractivity contribution is 0.281. The molecule has 0 radical (unpaired) electrons. The van der Waals surface area contributed by atoms with Crippen molar-refractivity contribution in [3.8, 4) is 17.6 Å². The standard InChI is InChI=1S/C15H12FNO2/c1-10-3-2-4-14(15(10)16)19-13-6-5-11(9-18)7-12(13)8-17/h2-7,18H,9H2,1H3. The number of hydrogen-bond donors (Lipinski definition) is 1. The minimum absolute atomic E-state index is 0.0771. The van der Waals surface area contributed by atoms with Crippen LogP contribution in [-0.4, -0.2) is 5.11 Å². The highest BCUT2D eigenvalue weighted by Crippen LogP contribution is 2.29. The van der Waals surface area contributed by atoms with Gasteiger partial charge in [0.1, 0.15) is 11.8 Å². The summed E-state index contributed by atoms with van der Waals surface area (Å²) in [5.74, 6) is -0.102. The van der Waals surface area contributed by atoms with Gasteiger partial charge < -0.3 is 9.84 Å². The largest absolute Gasteiger partial charge is 0.453 e. The number of rotatable bonds is 3. The van der Waals surface area contributed by atoms with Crippen LogP contribution in [-0.2, 0) is 6.61 Å². The van der Waals surface area contributed by atoms with Crippen LogP contribution in [0.25, 0.3) is 0 Å². The number of nitriles is 1. The molecule has 0 amide bonds. The van der Waals surface area contributed by atoms with Gasteiger partial charge in [-0.2, -0.15) is 5.26 Å². The van der Waals surface area contributed by atoms with Crippen LogP contribution in [0.1, 0.15) is 16.7 Å². The maximum atomic E-state index is 13.8. The second-order valence-electron chi connectivity index (χ2n) is 4.09. The molecule has 0 spiro atoms. The third kappa shape index (κ3) is 2.72. The normalized spacial score (nSPS) is 10.0. The number of benzene rings is 2. The molecule has 2 rings (SSSR count). The third-order valence-corrected chi connectivity index (χ3v) is 2.72. The number of aliphatic hydroxyl groups excluding tert-OH is 1. The van der Waals surface area contributed by atoms with E-state index in [2.05, 4.69) is 0 Å². The second-order valence-corrected chi connectivity index (χ2v) is 4.09. The van der Waals surface area contributed by atoms with Gasteiger partial charge in [-0.3, -0.25) is 0 Å². The van der Waals surface area contributed by atoms with Gasteiger partial charge in [0.05, 0.1) is 12.2 Å². The van der Waals surface area contributed by atoms with Crippen LogP contribution in [0.4, 0.5) is 4.39 Å². The van der Waals surface area contributed by atoms with Crippen molar-refractivity contribution in [1.29, 1.82) is 5.26 Å². The molecule has 0 atom stereocenters. The lowest BCUT2D eigenvalue weighted by atomic mass is 10.1. The van der Waals surface area contributed by atoms with Crippen LogP contribution in [0.2, 0.25) is 0 Å². The van der Waals surface area contributed by atoms with E-state index in [9.17, 15) is 4.39 Å². The summed E-state index contributed by atoms with van der Waals surface area (Å²) >= 11 is 0. The van der Waals surface area contributed by atoms with Gasteiger partial charge in [0.15, 0.2) is 11.6 Å². The molecule has 4 heteroatoms. The Morgan fingerprint density at radius 3 is 2.74 bits per heavy atom. The molecule has 1 N–H and O–H groups in total. The zero-order chi connectivity index (χ0) is 13.8. The summed E-state index contributed by atoms with van der Waals surface area (Å²) in [7, 11) is 0. The quantitative estimate of drug-likeness (QED) is 0.917. The fourth-order valence-electron chi connectivity index (χ4n) is 1.67. The predicted molar refractivity (Wildman–Crippen MR) is 68.3 cm³/mol. The fraction of sp³-hybridized carbons (Fsp3) is 0.133. The molecule has 2 aromatic rings. The molecular weight excluding hydrogens is 245 g/mol. The van der Waals surface area contributed by atoms with Crippen LogP contribution in [0, 0.1) is 24.1 Å². The summed E-state index contributed by atoms with van der Waals surface area (Å²) in [6.07, 6.45) is 0. The first-order valence-corrected chi connectivity index (χ1v) is 5.72. The molecule has 0 saturated heterocycles. The van der Waals surface area contributed by atoms with Crippen molar-refractivity contribution in [2.45, 2.75) is 13.5 Å². The molecule has 0 bridgehead atoms. The summed E-state index contributed by atoms with van der Waals surface area (Å²) in [6, 6.07) is 11.5. The smallest absolute Gasteiger partial charge is 0.168 e. The summed E-state index contributed by atoms with van der Waals surface area (Å²) < 4.78 is 19.3. The Bertz CT molecular complexity index is 647. The van der Waals surface area contributed by atoms with E-state index in [4.69, 9.17) is 15.1 Å². The van der Waals surface area contributed by atoms with Crippen LogP contribution in [0.5, 0.6) is 11.5 Å². The Morgan fingerprint density at radius 1 is 1.26 bits per heavy atom. The summed E-state index contributed by atoms with van der Waals surface area (Å²) in [5.41, 5.74) is 1.34. The number of aryl methyl sites for hydroxylation is 1. The third-order valence-electron chi connectivity index (χ3n) is 2.72. The van der Waals surface area contributed by atoms with Crippen molar-refractivity contribution in [2.75, 3.05) is 0 Å². The lowest BCUT2D eigenvalue weighted by Crippen LogP contribution is -1.94. The molecular formula is C15H12FNO2. The molecule has 0 aromatic heterocycles. The molecule has 96 valence electrons. The van der Waals surface area contributed by atoms with Crippen molar-refractivity contribution in [3.05, 3.63) is 58.9 Å². The summed E-state index contributed by atoms with van der Waals surface area (Å²) in [6.45, 7) is 1.48. The molecule has 0 saturated carbocycles. The summed E-state index contributed by atoms with van der Waals surface area (Å²) in [5, 5.41) is 18.0. The second kappa shape index (κ2) is 5.51. The van der Waals surface area contributed by atoms with Crippen molar-refractivity contribution < 1.29 is 14.2 Å². The van der Waals surface area contributed by atoms with Gasteiger partial charge in [-0.25, -0.2) is 4.39 Å². The average Bonchev–Trinajstić information content (AvgIpc) is 2.44. The number of nitrogens with zero attached hydrogens (tertiary/aromatic N) is 1. The van der Waals surface area contributed by atoms with E-state index in [0.717, 1.165) is 0 Å². The molecule has 0 unspecified atom stereocenters. The van der Waals surface area contributed by atoms with Gasteiger partial charge in [-0.1, -0.05) is 18.2 Å². The fourth-order valence-corrected chi connectivity index (χ4v) is 1.67. The van der Waals surface area contributed by atoms with Gasteiger partial charge >= 0.3 is 0 Å². The van der Waals surface area contributed by atoms with Crippen molar-refractivity contribution in [3.63, 3.8) is 0 Å². The Kier molecular flexibility index (Phi) is 3.79. The molecule has 19 heavy (non-hydrogen) atoms. The molecule has 0 aliphatic carbocycles. The Balaban J connectivity index is 2.39. The zero-order valence-corrected chi connectivity index (χ0v) is 10.4. The van der Waals surface area contributed by atoms with E-state index in [1.54, 1.807) is 31.2 Å². The topological polar surface area (TPSA) is 53.2 Å². The first-order valence-electron chi connectivity index (χ1n) is 5.72. The molecule has 0 aliphatic heterocycles. The Morgan fingerprint density at radius 2 is 2.05 bits per heavy atom. The van der Waals surface area contributed by atoms with Crippen LogP contribution in [0.3, 0.4) is 0 Å². The number of hydrogen-bond acceptors (Lipinski definition) is 3. The van der Waals surface area contributed by atoms with Crippen molar-refractivity contribution >= 4 is 0 Å². The van der Waals surface area contributed by atoms with E-state index in [-0.39, 0.29) is 23.7 Å². The van der Waals surface area contributed by atoms with Crippen LogP contribution >= 0.6 is 0 Å².